The van der Waals surface area contributed by atoms with Crippen LogP contribution in [0.15, 0.2) is 80.7 Å². The van der Waals surface area contributed by atoms with E-state index < -0.39 is 10.8 Å². The van der Waals surface area contributed by atoms with Crippen LogP contribution >= 0.6 is 15.9 Å². The van der Waals surface area contributed by atoms with Gasteiger partial charge >= 0.3 is 5.91 Å². The minimum atomic E-state index is -0.567. The molecule has 4 aromatic rings. The maximum Gasteiger partial charge on any atom is 0.307 e. The molecule has 0 unspecified atom stereocenters. The van der Waals surface area contributed by atoms with Gasteiger partial charge in [0, 0.05) is 17.5 Å². The number of carbonyl (C=O) groups is 1. The van der Waals surface area contributed by atoms with Crippen LogP contribution in [-0.2, 0) is 6.61 Å². The van der Waals surface area contributed by atoms with Gasteiger partial charge in [0.1, 0.15) is 17.9 Å². The molecule has 0 saturated carbocycles. The van der Waals surface area contributed by atoms with Gasteiger partial charge in [0.15, 0.2) is 5.76 Å². The van der Waals surface area contributed by atoms with E-state index in [1.807, 2.05) is 43.3 Å². The summed E-state index contributed by atoms with van der Waals surface area (Å²) < 4.78 is 12.1. The fourth-order valence-corrected chi connectivity index (χ4v) is 3.67. The minimum absolute atomic E-state index is 0.00345. The highest BCUT2D eigenvalue weighted by atomic mass is 79.9. The molecule has 1 N–H and O–H groups in total. The number of aryl methyl sites for hydroxylation is 1. The van der Waals surface area contributed by atoms with Crippen LogP contribution in [0.5, 0.6) is 5.75 Å². The van der Waals surface area contributed by atoms with E-state index in [4.69, 9.17) is 9.15 Å². The van der Waals surface area contributed by atoms with Crippen molar-refractivity contribution < 1.29 is 18.9 Å². The molecule has 4 rings (SSSR count). The first-order chi connectivity index (χ1) is 15.9. The van der Waals surface area contributed by atoms with Crippen molar-refractivity contribution in [1.82, 2.24) is 5.43 Å². The number of benzene rings is 3. The van der Waals surface area contributed by atoms with E-state index in [-0.39, 0.29) is 11.4 Å². The molecule has 0 atom stereocenters. The number of fused-ring (bicyclic) bond motifs is 1. The molecule has 0 aliphatic rings. The number of nitro groups is 1. The van der Waals surface area contributed by atoms with Gasteiger partial charge in [-0.1, -0.05) is 29.8 Å². The number of amides is 1. The molecule has 1 aromatic heterocycles. The van der Waals surface area contributed by atoms with Crippen LogP contribution in [0.1, 0.15) is 27.2 Å². The summed E-state index contributed by atoms with van der Waals surface area (Å²) in [6.45, 7) is 2.48. The average molecular weight is 508 g/mol. The maximum atomic E-state index is 12.3. The molecule has 0 aliphatic heterocycles. The van der Waals surface area contributed by atoms with E-state index in [0.717, 1.165) is 15.6 Å². The number of hydrazone groups is 1. The summed E-state index contributed by atoms with van der Waals surface area (Å²) in [5, 5.41) is 15.3. The van der Waals surface area contributed by atoms with Crippen LogP contribution in [0.25, 0.3) is 11.0 Å². The summed E-state index contributed by atoms with van der Waals surface area (Å²) in [6.07, 6.45) is 1.49. The Morgan fingerprint density at radius 3 is 2.79 bits per heavy atom. The lowest BCUT2D eigenvalue weighted by molar-refractivity contribution is -0.384. The zero-order valence-corrected chi connectivity index (χ0v) is 19.0. The molecular formula is C24H18BrN3O5. The molecule has 0 aliphatic carbocycles. The first kappa shape index (κ1) is 22.2. The van der Waals surface area contributed by atoms with Crippen molar-refractivity contribution in [2.75, 3.05) is 0 Å². The lowest BCUT2D eigenvalue weighted by atomic mass is 10.1. The van der Waals surface area contributed by atoms with Crippen LogP contribution < -0.4 is 10.2 Å². The van der Waals surface area contributed by atoms with E-state index in [1.54, 1.807) is 0 Å². The maximum absolute atomic E-state index is 12.3. The van der Waals surface area contributed by atoms with Crippen LogP contribution in [-0.4, -0.2) is 17.0 Å². The van der Waals surface area contributed by atoms with E-state index >= 15 is 0 Å². The first-order valence-corrected chi connectivity index (χ1v) is 10.7. The molecule has 0 saturated heterocycles. The molecule has 0 spiro atoms. The van der Waals surface area contributed by atoms with Crippen molar-refractivity contribution in [3.05, 3.63) is 104 Å². The topological polar surface area (TPSA) is 107 Å². The Bertz CT molecular complexity index is 1380. The van der Waals surface area contributed by atoms with Gasteiger partial charge in [-0.05, 0) is 64.3 Å². The third kappa shape index (κ3) is 5.45. The molecule has 0 bridgehead atoms. The van der Waals surface area contributed by atoms with E-state index in [1.165, 1.54) is 36.0 Å². The van der Waals surface area contributed by atoms with Gasteiger partial charge in [0.2, 0.25) is 0 Å². The lowest BCUT2D eigenvalue weighted by Gasteiger charge is -2.09. The Morgan fingerprint density at radius 2 is 2.03 bits per heavy atom. The predicted molar refractivity (Wildman–Crippen MR) is 128 cm³/mol. The summed E-state index contributed by atoms with van der Waals surface area (Å²) in [4.78, 5) is 22.7. The van der Waals surface area contributed by atoms with Crippen molar-refractivity contribution in [3.8, 4) is 5.75 Å². The highest BCUT2D eigenvalue weighted by molar-refractivity contribution is 9.10. The Balaban J connectivity index is 1.37. The summed E-state index contributed by atoms with van der Waals surface area (Å²) in [5.41, 5.74) is 5.68. The van der Waals surface area contributed by atoms with Crippen LogP contribution in [0, 0.1) is 17.0 Å². The standard InChI is InChI=1S/C24H18BrN3O5/c1-15-3-2-4-17(9-15)14-32-22-7-5-16(10-20(22)25)13-26-27-24(29)23-12-18-11-19(28(30)31)6-8-21(18)33-23/h2-13H,14H2,1H3,(H,27,29)/b26-13+. The Hall–Kier alpha value is -3.98. The lowest BCUT2D eigenvalue weighted by Crippen LogP contribution is -2.16. The molecule has 0 fully saturated rings. The van der Waals surface area contributed by atoms with Crippen molar-refractivity contribution in [2.45, 2.75) is 13.5 Å². The van der Waals surface area contributed by atoms with Crippen molar-refractivity contribution in [2.24, 2.45) is 5.10 Å². The van der Waals surface area contributed by atoms with Gasteiger partial charge in [-0.3, -0.25) is 14.9 Å². The second-order valence-electron chi connectivity index (χ2n) is 7.26. The van der Waals surface area contributed by atoms with Crippen molar-refractivity contribution >= 4 is 44.7 Å². The average Bonchev–Trinajstić information content (AvgIpc) is 3.22. The van der Waals surface area contributed by atoms with Gasteiger partial charge < -0.3 is 9.15 Å². The van der Waals surface area contributed by atoms with Crippen molar-refractivity contribution in [3.63, 3.8) is 0 Å². The molecule has 8 nitrogen and oxygen atoms in total. The number of hydrogen-bond acceptors (Lipinski definition) is 6. The quantitative estimate of drug-likeness (QED) is 0.194. The number of nitro benzene ring substituents is 1. The highest BCUT2D eigenvalue weighted by Gasteiger charge is 2.14. The third-order valence-corrected chi connectivity index (χ3v) is 5.37. The number of nitrogens with one attached hydrogen (secondary N) is 1. The van der Waals surface area contributed by atoms with E-state index in [9.17, 15) is 14.9 Å². The zero-order chi connectivity index (χ0) is 23.4. The van der Waals surface area contributed by atoms with E-state index in [0.29, 0.717) is 23.3 Å². The number of furan rings is 1. The molecule has 166 valence electrons. The molecular weight excluding hydrogens is 490 g/mol. The monoisotopic (exact) mass is 507 g/mol. The van der Waals surface area contributed by atoms with Gasteiger partial charge in [-0.25, -0.2) is 5.43 Å². The van der Waals surface area contributed by atoms with Crippen LogP contribution in [0.2, 0.25) is 0 Å². The fourth-order valence-electron chi connectivity index (χ4n) is 3.15. The molecule has 33 heavy (non-hydrogen) atoms. The number of non-ortho nitro benzene ring substituents is 1. The van der Waals surface area contributed by atoms with Gasteiger partial charge in [-0.2, -0.15) is 5.10 Å². The van der Waals surface area contributed by atoms with Crippen LogP contribution in [0.3, 0.4) is 0 Å². The third-order valence-electron chi connectivity index (χ3n) is 4.75. The Labute approximate surface area is 197 Å². The first-order valence-electron chi connectivity index (χ1n) is 9.88. The summed E-state index contributed by atoms with van der Waals surface area (Å²) in [7, 11) is 0. The Kier molecular flexibility index (Phi) is 6.50. The smallest absolute Gasteiger partial charge is 0.307 e. The van der Waals surface area contributed by atoms with Gasteiger partial charge in [0.25, 0.3) is 5.69 Å². The second kappa shape index (κ2) is 9.66. The molecule has 3 aromatic carbocycles. The van der Waals surface area contributed by atoms with Crippen molar-refractivity contribution in [1.29, 1.82) is 0 Å². The number of nitrogens with zero attached hydrogens (tertiary/aromatic N) is 2. The molecule has 9 heteroatoms. The zero-order valence-electron chi connectivity index (χ0n) is 17.4. The number of carbonyl (C=O) groups excluding carboxylic acids is 1. The number of hydrogen-bond donors (Lipinski definition) is 1. The summed E-state index contributed by atoms with van der Waals surface area (Å²) in [5.74, 6) is 0.125. The number of ether oxygens (including phenoxy) is 1. The van der Waals surface area contributed by atoms with Crippen LogP contribution in [0.4, 0.5) is 5.69 Å². The highest BCUT2D eigenvalue weighted by Crippen LogP contribution is 2.27. The molecule has 1 heterocycles. The largest absolute Gasteiger partial charge is 0.488 e. The van der Waals surface area contributed by atoms with E-state index in [2.05, 4.69) is 32.5 Å². The summed E-state index contributed by atoms with van der Waals surface area (Å²) >= 11 is 3.49. The minimum Gasteiger partial charge on any atom is -0.488 e. The van der Waals surface area contributed by atoms with Gasteiger partial charge in [0.05, 0.1) is 15.6 Å². The normalized spacial score (nSPS) is 11.1. The molecule has 1 amide bonds. The predicted octanol–water partition coefficient (Wildman–Crippen LogP) is 5.75. The number of halogens is 1. The number of rotatable bonds is 7. The second-order valence-corrected chi connectivity index (χ2v) is 8.11. The SMILES string of the molecule is Cc1cccc(COc2ccc(/C=N/NC(=O)c3cc4cc([N+](=O)[O-])ccc4o3)cc2Br)c1. The molecule has 0 radical (unpaired) electrons. The fraction of sp³-hybridized carbons (Fsp3) is 0.0833. The Morgan fingerprint density at radius 1 is 1.18 bits per heavy atom. The van der Waals surface area contributed by atoms with Gasteiger partial charge in [-0.15, -0.1) is 0 Å². The summed E-state index contributed by atoms with van der Waals surface area (Å²) in [6, 6.07) is 19.1.